The summed E-state index contributed by atoms with van der Waals surface area (Å²) in [5.41, 5.74) is 2.04. The average Bonchev–Trinajstić information content (AvgIpc) is 2.82. The molecule has 0 radical (unpaired) electrons. The van der Waals surface area contributed by atoms with Gasteiger partial charge in [-0.2, -0.15) is 5.10 Å². The number of nitrogens with zero attached hydrogens (tertiary/aromatic N) is 2. The first-order valence-corrected chi connectivity index (χ1v) is 7.03. The van der Waals surface area contributed by atoms with Crippen molar-refractivity contribution in [3.05, 3.63) is 30.3 Å². The minimum atomic E-state index is 0.861. The third-order valence-electron chi connectivity index (χ3n) is 3.63. The first kappa shape index (κ1) is 13.0. The predicted molar refractivity (Wildman–Crippen MR) is 80.3 cm³/mol. The number of rotatable bonds is 3. The van der Waals surface area contributed by atoms with Crippen LogP contribution in [0.3, 0.4) is 0 Å². The zero-order valence-electron chi connectivity index (χ0n) is 11.7. The molecule has 0 atom stereocenters. The van der Waals surface area contributed by atoms with Crippen LogP contribution in [-0.2, 0) is 0 Å². The van der Waals surface area contributed by atoms with Gasteiger partial charge in [0.1, 0.15) is 5.75 Å². The predicted octanol–water partition coefficient (Wildman–Crippen LogP) is 1.88. The molecule has 0 amide bonds. The molecule has 20 heavy (non-hydrogen) atoms. The van der Waals surface area contributed by atoms with E-state index in [9.17, 15) is 0 Å². The standard InChI is InChI=1S/C15H20N4O/c1-20-14-6-3-2-5-12(14)13-11-15(18-17-13)19-9-4-7-16-8-10-19/h2-3,5-6,11,16H,4,7-10H2,1H3,(H,17,18). The van der Waals surface area contributed by atoms with E-state index in [1.165, 1.54) is 0 Å². The van der Waals surface area contributed by atoms with Gasteiger partial charge in [0.05, 0.1) is 12.8 Å². The molecule has 1 aliphatic rings. The Morgan fingerprint density at radius 3 is 3.00 bits per heavy atom. The summed E-state index contributed by atoms with van der Waals surface area (Å²) in [5.74, 6) is 1.87. The molecular formula is C15H20N4O. The summed E-state index contributed by atoms with van der Waals surface area (Å²) in [4.78, 5) is 2.31. The summed E-state index contributed by atoms with van der Waals surface area (Å²) in [5, 5.41) is 11.0. The van der Waals surface area contributed by atoms with E-state index < -0.39 is 0 Å². The summed E-state index contributed by atoms with van der Waals surface area (Å²) < 4.78 is 5.40. The number of H-pyrrole nitrogens is 1. The molecule has 2 N–H and O–H groups in total. The van der Waals surface area contributed by atoms with Crippen LogP contribution in [0.25, 0.3) is 11.3 Å². The number of aromatic amines is 1. The van der Waals surface area contributed by atoms with E-state index in [0.29, 0.717) is 0 Å². The van der Waals surface area contributed by atoms with Crippen LogP contribution >= 0.6 is 0 Å². The number of nitrogens with one attached hydrogen (secondary N) is 2. The SMILES string of the molecule is COc1ccccc1-c1cc(N2CCCNCC2)n[nH]1. The van der Waals surface area contributed by atoms with Gasteiger partial charge >= 0.3 is 0 Å². The van der Waals surface area contributed by atoms with Crippen molar-refractivity contribution >= 4 is 5.82 Å². The number of ether oxygens (including phenoxy) is 1. The number of hydrogen-bond acceptors (Lipinski definition) is 4. The monoisotopic (exact) mass is 272 g/mol. The maximum absolute atomic E-state index is 5.40. The van der Waals surface area contributed by atoms with Crippen molar-refractivity contribution in [2.75, 3.05) is 38.2 Å². The molecule has 1 aromatic carbocycles. The number of anilines is 1. The minimum Gasteiger partial charge on any atom is -0.496 e. The first-order valence-electron chi connectivity index (χ1n) is 7.03. The van der Waals surface area contributed by atoms with E-state index in [1.54, 1.807) is 7.11 Å². The molecule has 0 aliphatic carbocycles. The Hall–Kier alpha value is -2.01. The quantitative estimate of drug-likeness (QED) is 0.896. The third kappa shape index (κ3) is 2.63. The van der Waals surface area contributed by atoms with Gasteiger partial charge in [0.25, 0.3) is 0 Å². The summed E-state index contributed by atoms with van der Waals surface area (Å²) in [7, 11) is 1.69. The molecule has 0 saturated carbocycles. The summed E-state index contributed by atoms with van der Waals surface area (Å²) in [6.45, 7) is 4.14. The van der Waals surface area contributed by atoms with Gasteiger partial charge in [-0.3, -0.25) is 5.10 Å². The molecule has 2 heterocycles. The van der Waals surface area contributed by atoms with Crippen molar-refractivity contribution in [2.24, 2.45) is 0 Å². The molecular weight excluding hydrogens is 252 g/mol. The fraction of sp³-hybridized carbons (Fsp3) is 0.400. The number of benzene rings is 1. The molecule has 2 aromatic rings. The molecule has 1 aromatic heterocycles. The molecule has 1 aliphatic heterocycles. The number of methoxy groups -OCH3 is 1. The third-order valence-corrected chi connectivity index (χ3v) is 3.63. The van der Waals surface area contributed by atoms with E-state index in [-0.39, 0.29) is 0 Å². The van der Waals surface area contributed by atoms with Crippen LogP contribution in [0.1, 0.15) is 6.42 Å². The zero-order chi connectivity index (χ0) is 13.8. The maximum atomic E-state index is 5.40. The van der Waals surface area contributed by atoms with Crippen molar-refractivity contribution < 1.29 is 4.74 Å². The second-order valence-corrected chi connectivity index (χ2v) is 4.93. The maximum Gasteiger partial charge on any atom is 0.151 e. The Bertz CT molecular complexity index is 559. The van der Waals surface area contributed by atoms with E-state index in [4.69, 9.17) is 4.74 Å². The Balaban J connectivity index is 1.85. The highest BCUT2D eigenvalue weighted by molar-refractivity contribution is 5.69. The van der Waals surface area contributed by atoms with Crippen LogP contribution in [0, 0.1) is 0 Å². The molecule has 0 bridgehead atoms. The summed E-state index contributed by atoms with van der Waals surface area (Å²) in [6.07, 6.45) is 1.15. The minimum absolute atomic E-state index is 0.861. The summed E-state index contributed by atoms with van der Waals surface area (Å²) in [6, 6.07) is 10.1. The fourth-order valence-corrected chi connectivity index (χ4v) is 2.55. The Kier molecular flexibility index (Phi) is 3.87. The Morgan fingerprint density at radius 1 is 1.20 bits per heavy atom. The molecule has 5 nitrogen and oxygen atoms in total. The van der Waals surface area contributed by atoms with Crippen LogP contribution in [-0.4, -0.2) is 43.5 Å². The molecule has 1 saturated heterocycles. The smallest absolute Gasteiger partial charge is 0.151 e. The van der Waals surface area contributed by atoms with Gasteiger partial charge in [-0.15, -0.1) is 0 Å². The van der Waals surface area contributed by atoms with Gasteiger partial charge in [0, 0.05) is 31.3 Å². The van der Waals surface area contributed by atoms with Crippen LogP contribution in [0.4, 0.5) is 5.82 Å². The topological polar surface area (TPSA) is 53.2 Å². The van der Waals surface area contributed by atoms with Crippen molar-refractivity contribution in [3.8, 4) is 17.0 Å². The van der Waals surface area contributed by atoms with Gasteiger partial charge in [0.2, 0.25) is 0 Å². The first-order chi connectivity index (χ1) is 9.88. The molecule has 1 fully saturated rings. The lowest BCUT2D eigenvalue weighted by Crippen LogP contribution is -2.28. The molecule has 5 heteroatoms. The molecule has 3 rings (SSSR count). The number of hydrogen-bond donors (Lipinski definition) is 2. The van der Waals surface area contributed by atoms with Crippen LogP contribution in [0.5, 0.6) is 5.75 Å². The number of para-hydroxylation sites is 1. The van der Waals surface area contributed by atoms with Gasteiger partial charge in [-0.25, -0.2) is 0 Å². The Morgan fingerprint density at radius 2 is 2.10 bits per heavy atom. The lowest BCUT2D eigenvalue weighted by Gasteiger charge is -2.18. The highest BCUT2D eigenvalue weighted by atomic mass is 16.5. The molecule has 0 spiro atoms. The van der Waals surface area contributed by atoms with Crippen molar-refractivity contribution in [1.82, 2.24) is 15.5 Å². The second kappa shape index (κ2) is 5.96. The van der Waals surface area contributed by atoms with Gasteiger partial charge in [-0.05, 0) is 25.1 Å². The summed E-state index contributed by atoms with van der Waals surface area (Å²) >= 11 is 0. The van der Waals surface area contributed by atoms with Gasteiger partial charge in [-0.1, -0.05) is 12.1 Å². The van der Waals surface area contributed by atoms with E-state index in [2.05, 4.69) is 26.5 Å². The lowest BCUT2D eigenvalue weighted by atomic mass is 10.1. The molecule has 106 valence electrons. The normalized spacial score (nSPS) is 15.9. The largest absolute Gasteiger partial charge is 0.496 e. The molecule has 0 unspecified atom stereocenters. The van der Waals surface area contributed by atoms with Crippen molar-refractivity contribution in [1.29, 1.82) is 0 Å². The van der Waals surface area contributed by atoms with Crippen molar-refractivity contribution in [3.63, 3.8) is 0 Å². The van der Waals surface area contributed by atoms with E-state index in [1.807, 2.05) is 24.3 Å². The van der Waals surface area contributed by atoms with Crippen LogP contribution < -0.4 is 15.0 Å². The van der Waals surface area contributed by atoms with Gasteiger partial charge in [0.15, 0.2) is 5.82 Å². The highest BCUT2D eigenvalue weighted by Crippen LogP contribution is 2.30. The average molecular weight is 272 g/mol. The second-order valence-electron chi connectivity index (χ2n) is 4.93. The van der Waals surface area contributed by atoms with Gasteiger partial charge < -0.3 is 15.0 Å². The van der Waals surface area contributed by atoms with Crippen LogP contribution in [0.2, 0.25) is 0 Å². The Labute approximate surface area is 118 Å². The van der Waals surface area contributed by atoms with Crippen LogP contribution in [0.15, 0.2) is 30.3 Å². The van der Waals surface area contributed by atoms with E-state index in [0.717, 1.165) is 55.4 Å². The van der Waals surface area contributed by atoms with E-state index >= 15 is 0 Å². The highest BCUT2D eigenvalue weighted by Gasteiger charge is 2.14. The number of aromatic nitrogens is 2. The zero-order valence-corrected chi connectivity index (χ0v) is 11.7. The fourth-order valence-electron chi connectivity index (χ4n) is 2.55. The van der Waals surface area contributed by atoms with Crippen molar-refractivity contribution in [2.45, 2.75) is 6.42 Å². The lowest BCUT2D eigenvalue weighted by molar-refractivity contribution is 0.416.